The normalized spacial score (nSPS) is 20.6. The predicted octanol–water partition coefficient (Wildman–Crippen LogP) is 2.64. The molecule has 0 radical (unpaired) electrons. The van der Waals surface area contributed by atoms with Crippen molar-refractivity contribution in [2.24, 2.45) is 0 Å². The second-order valence-corrected chi connectivity index (χ2v) is 6.81. The molecule has 1 saturated heterocycles. The van der Waals surface area contributed by atoms with Gasteiger partial charge in [0.2, 0.25) is 0 Å². The molecule has 1 aromatic carbocycles. The summed E-state index contributed by atoms with van der Waals surface area (Å²) in [6.07, 6.45) is 1.80. The first-order valence-corrected chi connectivity index (χ1v) is 8.39. The largest absolute Gasteiger partial charge is 0.387 e. The highest BCUT2D eigenvalue weighted by molar-refractivity contribution is 5.30. The van der Waals surface area contributed by atoms with Crippen LogP contribution in [0.2, 0.25) is 0 Å². The minimum atomic E-state index is -0.443. The predicted molar refractivity (Wildman–Crippen MR) is 90.4 cm³/mol. The summed E-state index contributed by atoms with van der Waals surface area (Å²) in [5.41, 5.74) is 3.41. The lowest BCUT2D eigenvalue weighted by molar-refractivity contribution is 0.0945. The number of aromatic amines is 1. The third-order valence-electron chi connectivity index (χ3n) is 4.55. The summed E-state index contributed by atoms with van der Waals surface area (Å²) in [6.45, 7) is 8.70. The smallest absolute Gasteiger partial charge is 0.155 e. The van der Waals surface area contributed by atoms with Gasteiger partial charge in [-0.2, -0.15) is 5.10 Å². The number of rotatable bonds is 4. The fourth-order valence-electron chi connectivity index (χ4n) is 3.53. The number of benzene rings is 1. The molecule has 5 heteroatoms. The van der Waals surface area contributed by atoms with Gasteiger partial charge in [0.1, 0.15) is 5.82 Å². The maximum absolute atomic E-state index is 10.6. The molecule has 2 unspecified atom stereocenters. The summed E-state index contributed by atoms with van der Waals surface area (Å²) < 4.78 is 0. The molecule has 1 aromatic heterocycles. The van der Waals surface area contributed by atoms with E-state index in [9.17, 15) is 5.11 Å². The number of nitrogens with one attached hydrogen (secondary N) is 1. The topological polar surface area (TPSA) is 65.0 Å². The highest BCUT2D eigenvalue weighted by Crippen LogP contribution is 2.26. The van der Waals surface area contributed by atoms with Crippen molar-refractivity contribution in [3.8, 4) is 0 Å². The first-order chi connectivity index (χ1) is 11.0. The number of β-amino-alcohol motifs (C(OH)–C–C–N with tert-alkyl or cyclic N) is 1. The first kappa shape index (κ1) is 16.1. The van der Waals surface area contributed by atoms with Gasteiger partial charge in [0.25, 0.3) is 0 Å². The van der Waals surface area contributed by atoms with Crippen LogP contribution >= 0.6 is 0 Å². The van der Waals surface area contributed by atoms with E-state index in [0.29, 0.717) is 12.5 Å². The Labute approximate surface area is 137 Å². The Morgan fingerprint density at radius 3 is 2.65 bits per heavy atom. The van der Waals surface area contributed by atoms with Gasteiger partial charge in [-0.3, -0.25) is 10.00 Å². The first-order valence-electron chi connectivity index (χ1n) is 8.39. The van der Waals surface area contributed by atoms with Crippen molar-refractivity contribution in [2.75, 3.05) is 19.6 Å². The number of hydrogen-bond acceptors (Lipinski definition) is 4. The zero-order valence-electron chi connectivity index (χ0n) is 14.2. The Bertz CT molecular complexity index is 647. The van der Waals surface area contributed by atoms with Crippen LogP contribution in [-0.2, 0) is 0 Å². The fourth-order valence-corrected chi connectivity index (χ4v) is 3.53. The van der Waals surface area contributed by atoms with Gasteiger partial charge >= 0.3 is 0 Å². The van der Waals surface area contributed by atoms with Gasteiger partial charge in [0, 0.05) is 19.0 Å². The molecule has 2 aromatic rings. The van der Waals surface area contributed by atoms with Gasteiger partial charge in [-0.25, -0.2) is 4.98 Å². The molecular formula is C18H26N4O. The van der Waals surface area contributed by atoms with Crippen molar-refractivity contribution in [1.82, 2.24) is 20.1 Å². The Morgan fingerprint density at radius 1 is 1.26 bits per heavy atom. The molecule has 23 heavy (non-hydrogen) atoms. The zero-order chi connectivity index (χ0) is 16.4. The van der Waals surface area contributed by atoms with E-state index in [1.54, 1.807) is 0 Å². The molecule has 3 rings (SSSR count). The second kappa shape index (κ2) is 6.81. The quantitative estimate of drug-likeness (QED) is 0.910. The van der Waals surface area contributed by atoms with Gasteiger partial charge in [0.05, 0.1) is 6.10 Å². The summed E-state index contributed by atoms with van der Waals surface area (Å²) in [6, 6.07) is 6.30. The van der Waals surface area contributed by atoms with Crippen molar-refractivity contribution in [2.45, 2.75) is 45.6 Å². The Hall–Kier alpha value is -1.72. The fraction of sp³-hybridized carbons (Fsp3) is 0.556. The van der Waals surface area contributed by atoms with E-state index in [2.05, 4.69) is 52.1 Å². The molecular weight excluding hydrogens is 288 g/mol. The van der Waals surface area contributed by atoms with Crippen molar-refractivity contribution in [3.05, 3.63) is 46.5 Å². The van der Waals surface area contributed by atoms with Crippen LogP contribution in [0.25, 0.3) is 0 Å². The van der Waals surface area contributed by atoms with Crippen molar-refractivity contribution in [3.63, 3.8) is 0 Å². The summed E-state index contributed by atoms with van der Waals surface area (Å²) in [5, 5.41) is 17.8. The Kier molecular flexibility index (Phi) is 4.78. The molecule has 0 saturated carbocycles. The van der Waals surface area contributed by atoms with Gasteiger partial charge in [-0.1, -0.05) is 29.3 Å². The van der Waals surface area contributed by atoms with Crippen LogP contribution in [0, 0.1) is 20.8 Å². The van der Waals surface area contributed by atoms with Gasteiger partial charge in [-0.15, -0.1) is 0 Å². The number of hydrogen-bond donors (Lipinski definition) is 2. The highest BCUT2D eigenvalue weighted by Gasteiger charge is 2.25. The molecule has 0 bridgehead atoms. The molecule has 0 amide bonds. The number of H-pyrrole nitrogens is 1. The maximum Gasteiger partial charge on any atom is 0.155 e. The standard InChI is InChI=1S/C18H26N4O/c1-12-7-13(2)9-16(8-12)17(23)11-22-6-4-5-15(10-22)18-19-14(3)20-21-18/h7-9,15,17,23H,4-6,10-11H2,1-3H3,(H,19,20,21). The van der Waals surface area contributed by atoms with Crippen LogP contribution in [0.3, 0.4) is 0 Å². The summed E-state index contributed by atoms with van der Waals surface area (Å²) in [7, 11) is 0. The minimum absolute atomic E-state index is 0.361. The highest BCUT2D eigenvalue weighted by atomic mass is 16.3. The molecule has 5 nitrogen and oxygen atoms in total. The van der Waals surface area contributed by atoms with Crippen LogP contribution in [0.4, 0.5) is 0 Å². The second-order valence-electron chi connectivity index (χ2n) is 6.81. The summed E-state index contributed by atoms with van der Waals surface area (Å²) in [4.78, 5) is 6.81. The number of nitrogens with zero attached hydrogens (tertiary/aromatic N) is 3. The van der Waals surface area contributed by atoms with Crippen LogP contribution in [0.15, 0.2) is 18.2 Å². The van der Waals surface area contributed by atoms with Gasteiger partial charge < -0.3 is 5.11 Å². The molecule has 0 spiro atoms. The third kappa shape index (κ3) is 3.98. The van der Waals surface area contributed by atoms with Crippen LogP contribution in [0.5, 0.6) is 0 Å². The minimum Gasteiger partial charge on any atom is -0.387 e. The van der Waals surface area contributed by atoms with Crippen molar-refractivity contribution in [1.29, 1.82) is 0 Å². The lowest BCUT2D eigenvalue weighted by atomic mass is 9.96. The molecule has 2 heterocycles. The van der Waals surface area contributed by atoms with E-state index in [0.717, 1.165) is 43.1 Å². The monoisotopic (exact) mass is 314 g/mol. The Balaban J connectivity index is 1.65. The molecule has 124 valence electrons. The van der Waals surface area contributed by atoms with Gasteiger partial charge in [0.15, 0.2) is 5.82 Å². The van der Waals surface area contributed by atoms with Crippen molar-refractivity contribution < 1.29 is 5.11 Å². The molecule has 2 N–H and O–H groups in total. The van der Waals surface area contributed by atoms with Crippen molar-refractivity contribution >= 4 is 0 Å². The maximum atomic E-state index is 10.6. The number of piperidine rings is 1. The van der Waals surface area contributed by atoms with Crippen LogP contribution < -0.4 is 0 Å². The van der Waals surface area contributed by atoms with E-state index in [1.165, 1.54) is 11.1 Å². The van der Waals surface area contributed by atoms with E-state index in [4.69, 9.17) is 0 Å². The molecule has 0 aliphatic carbocycles. The van der Waals surface area contributed by atoms with E-state index >= 15 is 0 Å². The number of aromatic nitrogens is 3. The average molecular weight is 314 g/mol. The lowest BCUT2D eigenvalue weighted by Crippen LogP contribution is -2.37. The van der Waals surface area contributed by atoms with E-state index < -0.39 is 6.10 Å². The number of aryl methyl sites for hydroxylation is 3. The molecule has 2 atom stereocenters. The van der Waals surface area contributed by atoms with Crippen LogP contribution in [-0.4, -0.2) is 44.8 Å². The third-order valence-corrected chi connectivity index (χ3v) is 4.55. The van der Waals surface area contributed by atoms with Gasteiger partial charge in [-0.05, 0) is 45.7 Å². The molecule has 1 aliphatic heterocycles. The lowest BCUT2D eigenvalue weighted by Gasteiger charge is -2.32. The summed E-state index contributed by atoms with van der Waals surface area (Å²) in [5.74, 6) is 2.14. The van der Waals surface area contributed by atoms with E-state index in [1.807, 2.05) is 6.92 Å². The molecule has 1 aliphatic rings. The van der Waals surface area contributed by atoms with E-state index in [-0.39, 0.29) is 0 Å². The number of aliphatic hydroxyl groups is 1. The summed E-state index contributed by atoms with van der Waals surface area (Å²) >= 11 is 0. The SMILES string of the molecule is Cc1cc(C)cc(C(O)CN2CCCC(c3n[nH]c(C)n3)C2)c1. The average Bonchev–Trinajstić information content (AvgIpc) is 2.93. The Morgan fingerprint density at radius 2 is 2.00 bits per heavy atom. The molecule has 1 fully saturated rings. The number of likely N-dealkylation sites (tertiary alicyclic amines) is 1. The number of aliphatic hydroxyl groups excluding tert-OH is 1. The zero-order valence-corrected chi connectivity index (χ0v) is 14.2. The van der Waals surface area contributed by atoms with Crippen LogP contribution in [0.1, 0.15) is 53.2 Å².